The predicted molar refractivity (Wildman–Crippen MR) is 96.6 cm³/mol. The van der Waals surface area contributed by atoms with Gasteiger partial charge >= 0.3 is 6.18 Å². The Labute approximate surface area is 160 Å². The Bertz CT molecular complexity index is 1120. The molecular formula is C19H8Cl2F3NO2. The lowest BCUT2D eigenvalue weighted by molar-refractivity contribution is -0.137. The van der Waals surface area contributed by atoms with Crippen molar-refractivity contribution in [3.8, 4) is 0 Å². The lowest BCUT2D eigenvalue weighted by atomic mass is 9.93. The van der Waals surface area contributed by atoms with Crippen LogP contribution in [0.25, 0.3) is 10.8 Å². The summed E-state index contributed by atoms with van der Waals surface area (Å²) in [5, 5.41) is 1.00. The zero-order valence-electron chi connectivity index (χ0n) is 13.3. The van der Waals surface area contributed by atoms with Crippen molar-refractivity contribution in [2.24, 2.45) is 0 Å². The molecule has 0 fully saturated rings. The zero-order chi connectivity index (χ0) is 19.5. The maximum atomic E-state index is 13.5. The smallest absolute Gasteiger partial charge is 0.268 e. The summed E-state index contributed by atoms with van der Waals surface area (Å²) in [7, 11) is 0. The van der Waals surface area contributed by atoms with Gasteiger partial charge in [-0.15, -0.1) is 0 Å². The third-order valence-electron chi connectivity index (χ3n) is 4.36. The normalized spacial score (nSPS) is 14.2. The van der Waals surface area contributed by atoms with E-state index in [4.69, 9.17) is 23.2 Å². The molecule has 0 spiro atoms. The van der Waals surface area contributed by atoms with Crippen molar-refractivity contribution in [2.45, 2.75) is 6.18 Å². The molecule has 1 aliphatic rings. The second-order valence-electron chi connectivity index (χ2n) is 5.93. The van der Waals surface area contributed by atoms with E-state index in [1.54, 1.807) is 12.1 Å². The molecule has 0 saturated heterocycles. The molecular weight excluding hydrogens is 402 g/mol. The Morgan fingerprint density at radius 2 is 1.52 bits per heavy atom. The summed E-state index contributed by atoms with van der Waals surface area (Å²) < 4.78 is 40.5. The molecule has 1 aliphatic heterocycles. The van der Waals surface area contributed by atoms with Gasteiger partial charge in [0.25, 0.3) is 11.8 Å². The average molecular weight is 410 g/mol. The summed E-state index contributed by atoms with van der Waals surface area (Å²) in [6.45, 7) is 0. The number of hydrogen-bond donors (Lipinski definition) is 0. The van der Waals surface area contributed by atoms with E-state index in [9.17, 15) is 22.8 Å². The Kier molecular flexibility index (Phi) is 3.94. The molecule has 0 bridgehead atoms. The molecule has 1 heterocycles. The number of halogens is 5. The monoisotopic (exact) mass is 409 g/mol. The van der Waals surface area contributed by atoms with Gasteiger partial charge in [-0.1, -0.05) is 35.3 Å². The molecule has 8 heteroatoms. The quantitative estimate of drug-likeness (QED) is 0.464. The van der Waals surface area contributed by atoms with E-state index >= 15 is 0 Å². The average Bonchev–Trinajstić information content (AvgIpc) is 2.61. The van der Waals surface area contributed by atoms with E-state index in [1.807, 2.05) is 0 Å². The fraction of sp³-hybridized carbons (Fsp3) is 0.0526. The maximum Gasteiger partial charge on any atom is 0.418 e. The van der Waals surface area contributed by atoms with Crippen LogP contribution in [0.4, 0.5) is 18.9 Å². The number of anilines is 1. The summed E-state index contributed by atoms with van der Waals surface area (Å²) in [5.74, 6) is -1.71. The van der Waals surface area contributed by atoms with E-state index in [-0.39, 0.29) is 16.1 Å². The van der Waals surface area contributed by atoms with Gasteiger partial charge in [-0.25, -0.2) is 4.90 Å². The number of amides is 2. The van der Waals surface area contributed by atoms with Crippen LogP contribution in [0.15, 0.2) is 48.5 Å². The van der Waals surface area contributed by atoms with Crippen molar-refractivity contribution in [3.63, 3.8) is 0 Å². The SMILES string of the molecule is O=C1c2cccc3c(Cl)ccc(c23)C(=O)N1c1ccc(Cl)cc1C(F)(F)F. The van der Waals surface area contributed by atoms with Crippen molar-refractivity contribution in [2.75, 3.05) is 4.90 Å². The van der Waals surface area contributed by atoms with Crippen LogP contribution in [-0.4, -0.2) is 11.8 Å². The maximum absolute atomic E-state index is 13.5. The van der Waals surface area contributed by atoms with Crippen LogP contribution in [-0.2, 0) is 6.18 Å². The molecule has 0 unspecified atom stereocenters. The summed E-state index contributed by atoms with van der Waals surface area (Å²) in [6, 6.07) is 10.4. The van der Waals surface area contributed by atoms with Gasteiger partial charge in [0.05, 0.1) is 11.3 Å². The van der Waals surface area contributed by atoms with Crippen LogP contribution < -0.4 is 4.90 Å². The van der Waals surface area contributed by atoms with E-state index in [1.165, 1.54) is 24.3 Å². The van der Waals surface area contributed by atoms with Crippen LogP contribution in [0.1, 0.15) is 26.3 Å². The van der Waals surface area contributed by atoms with Crippen LogP contribution in [0.2, 0.25) is 10.0 Å². The molecule has 0 saturated carbocycles. The topological polar surface area (TPSA) is 37.4 Å². The van der Waals surface area contributed by atoms with Crippen LogP contribution >= 0.6 is 23.2 Å². The zero-order valence-corrected chi connectivity index (χ0v) is 14.8. The molecule has 0 atom stereocenters. The van der Waals surface area contributed by atoms with Gasteiger partial charge in [-0.05, 0) is 36.4 Å². The Hall–Kier alpha value is -2.57. The number of nitrogens with zero attached hydrogens (tertiary/aromatic N) is 1. The predicted octanol–water partition coefficient (Wildman–Crippen LogP) is 5.97. The highest BCUT2D eigenvalue weighted by atomic mass is 35.5. The molecule has 4 rings (SSSR count). The fourth-order valence-electron chi connectivity index (χ4n) is 3.21. The minimum absolute atomic E-state index is 0.104. The highest BCUT2D eigenvalue weighted by molar-refractivity contribution is 6.41. The van der Waals surface area contributed by atoms with Gasteiger partial charge < -0.3 is 0 Å². The largest absolute Gasteiger partial charge is 0.418 e. The summed E-state index contributed by atoms with van der Waals surface area (Å²) in [4.78, 5) is 26.4. The van der Waals surface area contributed by atoms with Crippen molar-refractivity contribution < 1.29 is 22.8 Å². The van der Waals surface area contributed by atoms with Crippen LogP contribution in [0.5, 0.6) is 0 Å². The first-order valence-corrected chi connectivity index (χ1v) is 8.42. The van der Waals surface area contributed by atoms with Crippen molar-refractivity contribution >= 4 is 51.5 Å². The van der Waals surface area contributed by atoms with Crippen LogP contribution in [0.3, 0.4) is 0 Å². The number of alkyl halides is 3. The minimum atomic E-state index is -4.80. The molecule has 0 aromatic heterocycles. The van der Waals surface area contributed by atoms with E-state index < -0.39 is 29.2 Å². The third kappa shape index (κ3) is 2.67. The van der Waals surface area contributed by atoms with Gasteiger partial charge in [0, 0.05) is 31.9 Å². The van der Waals surface area contributed by atoms with E-state index in [0.29, 0.717) is 26.8 Å². The first kappa shape index (κ1) is 17.8. The standard InChI is InChI=1S/C19H8Cl2F3NO2/c20-9-4-7-15(13(8-9)19(22,23)24)25-17(26)11-3-1-2-10-14(21)6-5-12(16(10)11)18(25)27/h1-8H. The van der Waals surface area contributed by atoms with E-state index in [2.05, 4.69) is 0 Å². The molecule has 0 N–H and O–H groups in total. The highest BCUT2D eigenvalue weighted by Gasteiger charge is 2.41. The first-order chi connectivity index (χ1) is 12.7. The molecule has 3 aromatic carbocycles. The number of imide groups is 1. The van der Waals surface area contributed by atoms with Crippen molar-refractivity contribution in [1.82, 2.24) is 0 Å². The number of benzene rings is 3. The van der Waals surface area contributed by atoms with Gasteiger partial charge in [0.15, 0.2) is 0 Å². The summed E-state index contributed by atoms with van der Waals surface area (Å²) >= 11 is 11.8. The Morgan fingerprint density at radius 1 is 0.852 bits per heavy atom. The molecule has 27 heavy (non-hydrogen) atoms. The molecule has 0 radical (unpaired) electrons. The highest BCUT2D eigenvalue weighted by Crippen LogP contribution is 2.42. The lowest BCUT2D eigenvalue weighted by Gasteiger charge is -2.29. The number of rotatable bonds is 1. The number of carbonyl (C=O) groups is 2. The summed E-state index contributed by atoms with van der Waals surface area (Å²) in [5.41, 5.74) is -1.53. The number of hydrogen-bond acceptors (Lipinski definition) is 2. The van der Waals surface area contributed by atoms with Crippen molar-refractivity contribution in [3.05, 3.63) is 75.3 Å². The van der Waals surface area contributed by atoms with E-state index in [0.717, 1.165) is 6.07 Å². The Balaban J connectivity index is 2.00. The first-order valence-electron chi connectivity index (χ1n) is 7.67. The lowest BCUT2D eigenvalue weighted by Crippen LogP contribution is -2.41. The molecule has 3 nitrogen and oxygen atoms in total. The molecule has 3 aromatic rings. The summed E-state index contributed by atoms with van der Waals surface area (Å²) in [6.07, 6.45) is -4.80. The van der Waals surface area contributed by atoms with Gasteiger partial charge in [-0.3, -0.25) is 9.59 Å². The van der Waals surface area contributed by atoms with Gasteiger partial charge in [0.2, 0.25) is 0 Å². The second kappa shape index (κ2) is 5.97. The van der Waals surface area contributed by atoms with Gasteiger partial charge in [-0.2, -0.15) is 13.2 Å². The van der Waals surface area contributed by atoms with Gasteiger partial charge in [0.1, 0.15) is 0 Å². The van der Waals surface area contributed by atoms with Crippen LogP contribution in [0, 0.1) is 0 Å². The van der Waals surface area contributed by atoms with Crippen molar-refractivity contribution in [1.29, 1.82) is 0 Å². The third-order valence-corrected chi connectivity index (χ3v) is 4.92. The Morgan fingerprint density at radius 3 is 2.19 bits per heavy atom. The molecule has 136 valence electrons. The minimum Gasteiger partial charge on any atom is -0.268 e. The molecule has 2 amide bonds. The number of carbonyl (C=O) groups excluding carboxylic acids is 2. The molecule has 0 aliphatic carbocycles. The second-order valence-corrected chi connectivity index (χ2v) is 6.77. The fourth-order valence-corrected chi connectivity index (χ4v) is 3.60.